The summed E-state index contributed by atoms with van der Waals surface area (Å²) in [7, 11) is 0. The van der Waals surface area contributed by atoms with Gasteiger partial charge in [0.2, 0.25) is 0 Å². The van der Waals surface area contributed by atoms with Crippen molar-refractivity contribution in [1.82, 2.24) is 5.32 Å². The molecule has 0 unspecified atom stereocenters. The van der Waals surface area contributed by atoms with Gasteiger partial charge in [0.15, 0.2) is 0 Å². The molecule has 0 fully saturated rings. The van der Waals surface area contributed by atoms with Gasteiger partial charge in [-0.1, -0.05) is 7.43 Å². The number of aliphatic hydroxyl groups is 2. The molecule has 53 valence electrons. The first-order valence-electron chi connectivity index (χ1n) is 2.34. The number of hydrogen-bond donors (Lipinski definition) is 3. The van der Waals surface area contributed by atoms with Crippen LogP contribution in [-0.4, -0.2) is 87.9 Å². The Balaban J connectivity index is -0.000000180. The molecular weight excluding hydrogens is 145 g/mol. The number of rotatable bonds is 4. The van der Waals surface area contributed by atoms with Gasteiger partial charge in [0.05, 0.1) is 13.2 Å². The Morgan fingerprint density at radius 2 is 1.33 bits per heavy atom. The number of aliphatic hydroxyl groups excluding tert-OH is 2. The molecule has 0 saturated carbocycles. The molecule has 0 aromatic rings. The third-order valence-corrected chi connectivity index (χ3v) is 0.577. The summed E-state index contributed by atoms with van der Waals surface area (Å²) in [6.45, 7) is 1.42. The molecule has 9 heavy (non-hydrogen) atoms. The van der Waals surface area contributed by atoms with Gasteiger partial charge in [-0.25, -0.2) is 0 Å². The maximum atomic E-state index is 8.15. The first-order chi connectivity index (χ1) is 3.41. The zero-order valence-corrected chi connectivity index (χ0v) is 8.35. The zero-order chi connectivity index (χ0) is 5.54. The second-order valence-electron chi connectivity index (χ2n) is 1.20. The van der Waals surface area contributed by atoms with E-state index >= 15 is 0 Å². The predicted molar refractivity (Wildman–Crippen MR) is 39.5 cm³/mol. The molecule has 0 aromatic heterocycles. The van der Waals surface area contributed by atoms with Crippen LogP contribution in [0.1, 0.15) is 7.43 Å². The molecule has 0 aliphatic rings. The molecular formula is C5H15KNO2. The summed E-state index contributed by atoms with van der Waals surface area (Å²) in [5.41, 5.74) is 0. The molecule has 0 aromatic carbocycles. The van der Waals surface area contributed by atoms with Gasteiger partial charge in [-0.15, -0.1) is 0 Å². The van der Waals surface area contributed by atoms with Crippen LogP contribution in [-0.2, 0) is 0 Å². The molecule has 0 amide bonds. The van der Waals surface area contributed by atoms with Crippen LogP contribution in [0.15, 0.2) is 0 Å². The summed E-state index contributed by atoms with van der Waals surface area (Å²) in [6, 6.07) is 0. The van der Waals surface area contributed by atoms with E-state index in [0.29, 0.717) is 13.1 Å². The molecule has 3 N–H and O–H groups in total. The van der Waals surface area contributed by atoms with Gasteiger partial charge in [-0.2, -0.15) is 0 Å². The van der Waals surface area contributed by atoms with E-state index in [1.54, 1.807) is 0 Å². The van der Waals surface area contributed by atoms with Crippen LogP contribution in [0.25, 0.3) is 0 Å². The molecule has 4 heteroatoms. The van der Waals surface area contributed by atoms with E-state index in [1.165, 1.54) is 0 Å². The summed E-state index contributed by atoms with van der Waals surface area (Å²) in [5, 5.41) is 19.1. The quantitative estimate of drug-likeness (QED) is 0.358. The largest absolute Gasteiger partial charge is 0.395 e. The smallest absolute Gasteiger partial charge is 0.0555 e. The number of hydrogen-bond acceptors (Lipinski definition) is 3. The van der Waals surface area contributed by atoms with E-state index in [4.69, 9.17) is 10.2 Å². The fourth-order valence-corrected chi connectivity index (χ4v) is 0.283. The monoisotopic (exact) mass is 160 g/mol. The minimum atomic E-state index is 0. The molecule has 0 heterocycles. The predicted octanol–water partition coefficient (Wildman–Crippen LogP) is -1.18. The van der Waals surface area contributed by atoms with Crippen molar-refractivity contribution in [1.29, 1.82) is 0 Å². The second-order valence-corrected chi connectivity index (χ2v) is 1.20. The van der Waals surface area contributed by atoms with Crippen LogP contribution in [0.4, 0.5) is 0 Å². The Kier molecular flexibility index (Phi) is 30.4. The van der Waals surface area contributed by atoms with Crippen molar-refractivity contribution in [2.45, 2.75) is 7.43 Å². The van der Waals surface area contributed by atoms with Gasteiger partial charge in [0, 0.05) is 64.5 Å². The van der Waals surface area contributed by atoms with Crippen molar-refractivity contribution in [3.8, 4) is 0 Å². The minimum absolute atomic E-state index is 0. The van der Waals surface area contributed by atoms with Crippen molar-refractivity contribution in [3.63, 3.8) is 0 Å². The first kappa shape index (κ1) is 16.9. The van der Waals surface area contributed by atoms with E-state index < -0.39 is 0 Å². The summed E-state index contributed by atoms with van der Waals surface area (Å²) < 4.78 is 0. The van der Waals surface area contributed by atoms with Crippen molar-refractivity contribution in [3.05, 3.63) is 0 Å². The summed E-state index contributed by atoms with van der Waals surface area (Å²) in [6.07, 6.45) is 0. The van der Waals surface area contributed by atoms with Gasteiger partial charge < -0.3 is 15.5 Å². The Morgan fingerprint density at radius 1 is 1.00 bits per heavy atom. The van der Waals surface area contributed by atoms with Gasteiger partial charge in [-0.05, 0) is 0 Å². The summed E-state index contributed by atoms with van der Waals surface area (Å²) in [4.78, 5) is 0. The van der Waals surface area contributed by atoms with Crippen LogP contribution in [0.3, 0.4) is 0 Å². The van der Waals surface area contributed by atoms with Gasteiger partial charge in [0.25, 0.3) is 0 Å². The summed E-state index contributed by atoms with van der Waals surface area (Å²) in [5.74, 6) is 0. The van der Waals surface area contributed by atoms with Crippen LogP contribution in [0, 0.1) is 0 Å². The fraction of sp³-hybridized carbons (Fsp3) is 1.00. The average molecular weight is 160 g/mol. The van der Waals surface area contributed by atoms with E-state index in [2.05, 4.69) is 5.32 Å². The minimum Gasteiger partial charge on any atom is -0.395 e. The molecule has 0 aliphatic heterocycles. The van der Waals surface area contributed by atoms with E-state index in [9.17, 15) is 0 Å². The molecule has 0 aliphatic carbocycles. The fourth-order valence-electron chi connectivity index (χ4n) is 0.283. The van der Waals surface area contributed by atoms with Crippen molar-refractivity contribution in [2.24, 2.45) is 0 Å². The average Bonchev–Trinajstić information content (AvgIpc) is 1.69. The molecule has 0 bridgehead atoms. The maximum absolute atomic E-state index is 8.15. The van der Waals surface area contributed by atoms with Crippen molar-refractivity contribution >= 4 is 51.4 Å². The van der Waals surface area contributed by atoms with Crippen LogP contribution in [0.2, 0.25) is 0 Å². The van der Waals surface area contributed by atoms with Crippen LogP contribution in [0.5, 0.6) is 0 Å². The zero-order valence-electron chi connectivity index (χ0n) is 5.22. The van der Waals surface area contributed by atoms with Gasteiger partial charge >= 0.3 is 0 Å². The van der Waals surface area contributed by atoms with E-state index in [1.807, 2.05) is 0 Å². The Hall–Kier alpha value is 1.52. The normalized spacial score (nSPS) is 7.33. The SMILES string of the molecule is C.OCCNCCO.[K]. The third kappa shape index (κ3) is 17.7. The Bertz CT molecular complexity index is 34.1. The molecule has 0 spiro atoms. The molecule has 3 nitrogen and oxygen atoms in total. The third-order valence-electron chi connectivity index (χ3n) is 0.577. The Labute approximate surface area is 99.3 Å². The standard InChI is InChI=1S/C4H11NO2.CH4.K/c6-3-1-5-2-4-7;;/h5-7H,1-4H2;1H4;. The topological polar surface area (TPSA) is 52.5 Å². The van der Waals surface area contributed by atoms with Gasteiger partial charge in [-0.3, -0.25) is 0 Å². The van der Waals surface area contributed by atoms with Crippen LogP contribution < -0.4 is 5.32 Å². The maximum Gasteiger partial charge on any atom is 0.0555 e. The van der Waals surface area contributed by atoms with Gasteiger partial charge in [0.1, 0.15) is 0 Å². The first-order valence-corrected chi connectivity index (χ1v) is 2.34. The molecule has 0 rings (SSSR count). The van der Waals surface area contributed by atoms with E-state index in [0.717, 1.165) is 0 Å². The molecule has 1 radical (unpaired) electrons. The van der Waals surface area contributed by atoms with E-state index in [-0.39, 0.29) is 72.0 Å². The summed E-state index contributed by atoms with van der Waals surface area (Å²) >= 11 is 0. The second kappa shape index (κ2) is 16.3. The number of nitrogens with one attached hydrogen (secondary N) is 1. The van der Waals surface area contributed by atoms with Crippen molar-refractivity contribution in [2.75, 3.05) is 26.3 Å². The Morgan fingerprint density at radius 3 is 1.56 bits per heavy atom. The van der Waals surface area contributed by atoms with Crippen LogP contribution >= 0.6 is 0 Å². The molecule has 0 atom stereocenters. The molecule has 0 saturated heterocycles. The van der Waals surface area contributed by atoms with Crippen molar-refractivity contribution < 1.29 is 10.2 Å².